The van der Waals surface area contributed by atoms with Gasteiger partial charge in [-0.15, -0.1) is 0 Å². The summed E-state index contributed by atoms with van der Waals surface area (Å²) in [6, 6.07) is 4.28. The van der Waals surface area contributed by atoms with Crippen molar-refractivity contribution in [2.24, 2.45) is 5.73 Å². The van der Waals surface area contributed by atoms with Crippen LogP contribution < -0.4 is 10.5 Å². The Morgan fingerprint density at radius 2 is 2.00 bits per heavy atom. The molecule has 88 valence electrons. The molecule has 1 aromatic carbocycles. The van der Waals surface area contributed by atoms with Crippen molar-refractivity contribution in [2.75, 3.05) is 7.11 Å². The third kappa shape index (κ3) is 3.49. The molecule has 0 aliphatic rings. The minimum absolute atomic E-state index is 0.600. The van der Waals surface area contributed by atoms with Gasteiger partial charge in [0, 0.05) is 0 Å². The molecule has 0 saturated carbocycles. The molecule has 0 radical (unpaired) electrons. The van der Waals surface area contributed by atoms with Crippen LogP contribution in [0, 0.1) is 13.8 Å². The van der Waals surface area contributed by atoms with E-state index in [1.54, 1.807) is 7.11 Å². The molecule has 1 aromatic rings. The molecule has 0 heterocycles. The second kappa shape index (κ2) is 5.85. The maximum absolute atomic E-state index is 5.48. The first-order chi connectivity index (χ1) is 7.54. The van der Waals surface area contributed by atoms with Gasteiger partial charge in [-0.25, -0.2) is 0 Å². The van der Waals surface area contributed by atoms with Crippen LogP contribution in [0.2, 0.25) is 0 Å². The maximum atomic E-state index is 5.48. The Bertz CT molecular complexity index is 388. The van der Waals surface area contributed by atoms with Crippen molar-refractivity contribution in [2.45, 2.75) is 33.1 Å². The van der Waals surface area contributed by atoms with Crippen molar-refractivity contribution < 1.29 is 4.74 Å². The van der Waals surface area contributed by atoms with Crippen molar-refractivity contribution in [1.82, 2.24) is 0 Å². The molecule has 16 heavy (non-hydrogen) atoms. The molecule has 0 fully saturated rings. The zero-order valence-electron chi connectivity index (χ0n) is 10.2. The lowest BCUT2D eigenvalue weighted by Gasteiger charge is -2.11. The van der Waals surface area contributed by atoms with E-state index in [1.165, 1.54) is 16.7 Å². The number of hydrogen-bond donors (Lipinski definition) is 1. The molecule has 0 unspecified atom stereocenters. The fourth-order valence-corrected chi connectivity index (χ4v) is 1.94. The van der Waals surface area contributed by atoms with Crippen LogP contribution in [0.4, 0.5) is 0 Å². The standard InChI is InChI=1S/C13H19NOS/c1-9-8-12(15-3)10(2)7-11(9)5-4-6-13(14)16/h7-8H,4-6H2,1-3H3,(H2,14,16). The summed E-state index contributed by atoms with van der Waals surface area (Å²) >= 11 is 4.87. The molecule has 2 nitrogen and oxygen atoms in total. The highest BCUT2D eigenvalue weighted by molar-refractivity contribution is 7.80. The average Bonchev–Trinajstić information content (AvgIpc) is 2.22. The number of methoxy groups -OCH3 is 1. The van der Waals surface area contributed by atoms with Gasteiger partial charge in [0.2, 0.25) is 0 Å². The third-order valence-corrected chi connectivity index (χ3v) is 2.93. The minimum atomic E-state index is 0.600. The number of rotatable bonds is 5. The Labute approximate surface area is 103 Å². The second-order valence-corrected chi connectivity index (χ2v) is 4.59. The van der Waals surface area contributed by atoms with Crippen molar-refractivity contribution >= 4 is 17.2 Å². The van der Waals surface area contributed by atoms with E-state index in [2.05, 4.69) is 26.0 Å². The molecule has 3 heteroatoms. The van der Waals surface area contributed by atoms with Crippen LogP contribution in [0.25, 0.3) is 0 Å². The lowest BCUT2D eigenvalue weighted by atomic mass is 10.00. The van der Waals surface area contributed by atoms with Crippen LogP contribution in [0.5, 0.6) is 5.75 Å². The molecular formula is C13H19NOS. The van der Waals surface area contributed by atoms with Gasteiger partial charge in [0.1, 0.15) is 5.75 Å². The highest BCUT2D eigenvalue weighted by Gasteiger charge is 2.04. The zero-order valence-corrected chi connectivity index (χ0v) is 11.0. The predicted molar refractivity (Wildman–Crippen MR) is 72.2 cm³/mol. The highest BCUT2D eigenvalue weighted by Crippen LogP contribution is 2.23. The van der Waals surface area contributed by atoms with E-state index in [1.807, 2.05) is 0 Å². The fraction of sp³-hybridized carbons (Fsp3) is 0.462. The Kier molecular flexibility index (Phi) is 4.74. The Morgan fingerprint density at radius 1 is 1.31 bits per heavy atom. The van der Waals surface area contributed by atoms with Crippen LogP contribution in [0.1, 0.15) is 29.5 Å². The number of thiocarbonyl (C=S) groups is 1. The number of aryl methyl sites for hydroxylation is 3. The van der Waals surface area contributed by atoms with E-state index in [9.17, 15) is 0 Å². The molecule has 0 atom stereocenters. The summed E-state index contributed by atoms with van der Waals surface area (Å²) in [4.78, 5) is 0.600. The van der Waals surface area contributed by atoms with E-state index in [4.69, 9.17) is 22.7 Å². The molecule has 0 saturated heterocycles. The molecule has 0 amide bonds. The lowest BCUT2D eigenvalue weighted by molar-refractivity contribution is 0.411. The van der Waals surface area contributed by atoms with E-state index in [-0.39, 0.29) is 0 Å². The Balaban J connectivity index is 2.73. The summed E-state index contributed by atoms with van der Waals surface area (Å²) in [5.41, 5.74) is 9.29. The summed E-state index contributed by atoms with van der Waals surface area (Å²) in [5.74, 6) is 0.954. The fourth-order valence-electron chi connectivity index (χ4n) is 1.79. The van der Waals surface area contributed by atoms with Gasteiger partial charge >= 0.3 is 0 Å². The van der Waals surface area contributed by atoms with Gasteiger partial charge in [-0.05, 0) is 55.9 Å². The number of hydrogen-bond acceptors (Lipinski definition) is 2. The van der Waals surface area contributed by atoms with Crippen molar-refractivity contribution in [3.05, 3.63) is 28.8 Å². The van der Waals surface area contributed by atoms with Crippen molar-refractivity contribution in [3.8, 4) is 5.75 Å². The van der Waals surface area contributed by atoms with Gasteiger partial charge in [-0.3, -0.25) is 0 Å². The van der Waals surface area contributed by atoms with Crippen molar-refractivity contribution in [1.29, 1.82) is 0 Å². The van der Waals surface area contributed by atoms with Crippen LogP contribution in [-0.4, -0.2) is 12.1 Å². The maximum Gasteiger partial charge on any atom is 0.122 e. The average molecular weight is 237 g/mol. The van der Waals surface area contributed by atoms with Gasteiger partial charge in [0.05, 0.1) is 12.1 Å². The molecule has 0 aliphatic carbocycles. The van der Waals surface area contributed by atoms with E-state index in [0.717, 1.165) is 25.0 Å². The van der Waals surface area contributed by atoms with Gasteiger partial charge in [-0.1, -0.05) is 18.3 Å². The monoisotopic (exact) mass is 237 g/mol. The summed E-state index contributed by atoms with van der Waals surface area (Å²) in [6.45, 7) is 4.17. The third-order valence-electron chi connectivity index (χ3n) is 2.72. The topological polar surface area (TPSA) is 35.2 Å². The summed E-state index contributed by atoms with van der Waals surface area (Å²) in [6.07, 6.45) is 2.86. The number of benzene rings is 1. The minimum Gasteiger partial charge on any atom is -0.496 e. The quantitative estimate of drug-likeness (QED) is 0.800. The Morgan fingerprint density at radius 3 is 2.56 bits per heavy atom. The molecule has 0 bridgehead atoms. The first-order valence-corrected chi connectivity index (χ1v) is 5.88. The molecule has 1 rings (SSSR count). The molecule has 0 aromatic heterocycles. The van der Waals surface area contributed by atoms with Crippen molar-refractivity contribution in [3.63, 3.8) is 0 Å². The summed E-state index contributed by atoms with van der Waals surface area (Å²) in [5, 5.41) is 0. The number of nitrogens with two attached hydrogens (primary N) is 1. The van der Waals surface area contributed by atoms with E-state index in [0.29, 0.717) is 4.99 Å². The van der Waals surface area contributed by atoms with Crippen LogP contribution >= 0.6 is 12.2 Å². The van der Waals surface area contributed by atoms with Crippen LogP contribution in [0.3, 0.4) is 0 Å². The van der Waals surface area contributed by atoms with Gasteiger partial charge in [0.15, 0.2) is 0 Å². The normalized spacial score (nSPS) is 10.2. The van der Waals surface area contributed by atoms with Gasteiger partial charge in [-0.2, -0.15) is 0 Å². The molecular weight excluding hydrogens is 218 g/mol. The Hall–Kier alpha value is -1.09. The second-order valence-electron chi connectivity index (χ2n) is 4.07. The predicted octanol–water partition coefficient (Wildman–Crippen LogP) is 2.92. The lowest BCUT2D eigenvalue weighted by Crippen LogP contribution is -2.07. The zero-order chi connectivity index (χ0) is 12.1. The highest BCUT2D eigenvalue weighted by atomic mass is 32.1. The summed E-state index contributed by atoms with van der Waals surface area (Å²) < 4.78 is 5.28. The van der Waals surface area contributed by atoms with E-state index >= 15 is 0 Å². The first-order valence-electron chi connectivity index (χ1n) is 5.47. The molecule has 0 aliphatic heterocycles. The molecule has 0 spiro atoms. The molecule has 2 N–H and O–H groups in total. The largest absolute Gasteiger partial charge is 0.496 e. The van der Waals surface area contributed by atoms with Crippen LogP contribution in [0.15, 0.2) is 12.1 Å². The first kappa shape index (κ1) is 13.0. The summed E-state index contributed by atoms with van der Waals surface area (Å²) in [7, 11) is 1.70. The van der Waals surface area contributed by atoms with Gasteiger partial charge in [0.25, 0.3) is 0 Å². The van der Waals surface area contributed by atoms with Gasteiger partial charge < -0.3 is 10.5 Å². The number of ether oxygens (including phenoxy) is 1. The SMILES string of the molecule is COc1cc(C)c(CCCC(N)=S)cc1C. The smallest absolute Gasteiger partial charge is 0.122 e. The van der Waals surface area contributed by atoms with Crippen LogP contribution in [-0.2, 0) is 6.42 Å². The van der Waals surface area contributed by atoms with E-state index < -0.39 is 0 Å².